The molecule has 5 aliphatic carbocycles. The highest BCUT2D eigenvalue weighted by molar-refractivity contribution is 5.87. The normalized spacial score (nSPS) is 39.4. The summed E-state index contributed by atoms with van der Waals surface area (Å²) in [6.07, 6.45) is 21.5. The number of hydrogen-bond donors (Lipinski definition) is 1. The molecule has 1 aromatic carbocycles. The van der Waals surface area contributed by atoms with Crippen LogP contribution in [0.1, 0.15) is 138 Å². The fraction of sp³-hybridized carbons (Fsp3) is 0.750. The van der Waals surface area contributed by atoms with Crippen LogP contribution in [0.3, 0.4) is 0 Å². The maximum Gasteiger partial charge on any atom is 0.331 e. The van der Waals surface area contributed by atoms with Gasteiger partial charge in [0.25, 0.3) is 0 Å². The Labute approximate surface area is 292 Å². The van der Waals surface area contributed by atoms with E-state index in [1.807, 2.05) is 25.1 Å². The molecule has 5 fully saturated rings. The zero-order chi connectivity index (χ0) is 34.7. The number of rotatable bonds is 11. The Bertz CT molecular complexity index is 1410. The summed E-state index contributed by atoms with van der Waals surface area (Å²) in [4.78, 5) is 13.2. The van der Waals surface area contributed by atoms with Crippen molar-refractivity contribution in [3.05, 3.63) is 47.6 Å². The van der Waals surface area contributed by atoms with Crippen LogP contribution in [0.15, 0.2) is 36.4 Å². The Morgan fingerprint density at radius 1 is 0.917 bits per heavy atom. The predicted molar refractivity (Wildman–Crippen MR) is 196 cm³/mol. The van der Waals surface area contributed by atoms with E-state index in [1.54, 1.807) is 12.2 Å². The van der Waals surface area contributed by atoms with Gasteiger partial charge in [-0.1, -0.05) is 73.6 Å². The topological polar surface area (TPSA) is 55.8 Å². The lowest BCUT2D eigenvalue weighted by atomic mass is 9.42. The number of allylic oxidation sites excluding steroid dienone is 2. The molecule has 1 N–H and O–H groups in total. The van der Waals surface area contributed by atoms with Crippen molar-refractivity contribution in [3.8, 4) is 5.75 Å². The van der Waals surface area contributed by atoms with Gasteiger partial charge in [0.2, 0.25) is 0 Å². The van der Waals surface area contributed by atoms with Gasteiger partial charge in [-0.05, 0) is 152 Å². The van der Waals surface area contributed by atoms with Gasteiger partial charge in [-0.3, -0.25) is 0 Å². The summed E-state index contributed by atoms with van der Waals surface area (Å²) in [6, 6.07) is 5.66. The van der Waals surface area contributed by atoms with Crippen molar-refractivity contribution < 1.29 is 19.4 Å². The van der Waals surface area contributed by atoms with Crippen molar-refractivity contribution in [1.82, 2.24) is 0 Å². The minimum absolute atomic E-state index is 0.0369. The van der Waals surface area contributed by atoms with Crippen LogP contribution >= 0.6 is 0 Å². The van der Waals surface area contributed by atoms with Gasteiger partial charge in [0.05, 0.1) is 13.2 Å². The molecular weight excluding hydrogens is 592 g/mol. The lowest BCUT2D eigenvalue weighted by Gasteiger charge is -2.63. The number of aliphatic hydroxyl groups is 1. The number of benzene rings is 1. The van der Waals surface area contributed by atoms with Gasteiger partial charge in [-0.15, -0.1) is 0 Å². The van der Waals surface area contributed by atoms with E-state index in [2.05, 4.69) is 67.5 Å². The van der Waals surface area contributed by atoms with Crippen molar-refractivity contribution in [2.45, 2.75) is 139 Å². The Balaban J connectivity index is 1.14. The fourth-order valence-corrected chi connectivity index (χ4v) is 13.2. The van der Waals surface area contributed by atoms with Crippen molar-refractivity contribution >= 4 is 12.0 Å². The largest absolute Gasteiger partial charge is 0.494 e. The molecule has 0 heterocycles. The number of hydrogen-bond acceptors (Lipinski definition) is 4. The van der Waals surface area contributed by atoms with Crippen molar-refractivity contribution in [3.63, 3.8) is 0 Å². The molecule has 0 aliphatic heterocycles. The van der Waals surface area contributed by atoms with E-state index in [4.69, 9.17) is 9.47 Å². The maximum absolute atomic E-state index is 13.2. The molecule has 4 heteroatoms. The zero-order valence-corrected chi connectivity index (χ0v) is 31.7. The summed E-state index contributed by atoms with van der Waals surface area (Å²) in [5, 5.41) is 9.78. The predicted octanol–water partition coefficient (Wildman–Crippen LogP) is 10.8. The van der Waals surface area contributed by atoms with Crippen molar-refractivity contribution in [1.29, 1.82) is 0 Å². The van der Waals surface area contributed by atoms with E-state index < -0.39 is 0 Å². The lowest BCUT2D eigenvalue weighted by Crippen LogP contribution is -2.58. The number of esters is 1. The number of carbonyl (C=O) groups excluding carboxylic acids is 1. The van der Waals surface area contributed by atoms with Gasteiger partial charge in [0, 0.05) is 17.1 Å². The Kier molecular flexibility index (Phi) is 9.62. The molecule has 266 valence electrons. The van der Waals surface area contributed by atoms with Gasteiger partial charge < -0.3 is 14.6 Å². The van der Waals surface area contributed by atoms with Gasteiger partial charge in [-0.25, -0.2) is 4.79 Å². The fourth-order valence-electron chi connectivity index (χ4n) is 13.2. The molecule has 5 aliphatic rings. The highest BCUT2D eigenvalue weighted by Gasteiger charge is 2.82. The van der Waals surface area contributed by atoms with Gasteiger partial charge in [-0.2, -0.15) is 0 Å². The number of ether oxygens (including phenoxy) is 2. The molecule has 0 radical (unpaired) electrons. The second kappa shape index (κ2) is 12.9. The van der Waals surface area contributed by atoms with Crippen LogP contribution in [0, 0.1) is 62.6 Å². The summed E-state index contributed by atoms with van der Waals surface area (Å²) in [7, 11) is 0. The molecule has 0 saturated heterocycles. The monoisotopic (exact) mass is 658 g/mol. The van der Waals surface area contributed by atoms with Crippen LogP contribution < -0.4 is 4.74 Å². The van der Waals surface area contributed by atoms with Crippen LogP contribution in [0.5, 0.6) is 5.75 Å². The molecule has 6 rings (SSSR count). The molecule has 0 amide bonds. The maximum atomic E-state index is 13.2. The quantitative estimate of drug-likeness (QED) is 0.146. The summed E-state index contributed by atoms with van der Waals surface area (Å²) in [6.45, 7) is 22.2. The van der Waals surface area contributed by atoms with Crippen LogP contribution in [0.4, 0.5) is 0 Å². The third-order valence-corrected chi connectivity index (χ3v) is 16.0. The average molecular weight is 659 g/mol. The standard InChI is InChI=1S/C44H66O4/c1-10-32(29(3)4)15-12-30(5)34-20-22-42(9)37-18-17-36-40(6,7)38(21-23-43(36)28-44(37,43)25-24-41(34,42)8)48-39(46)19-14-31-13-16-35(47-11-2)33(26-31)27-45/h12-16,19,26,29-30,32,34,36-38,45H,10-11,17-18,20-25,27-28H2,1-9H3/b15-12+,19-14+. The number of aliphatic hydroxyl groups excluding tert-OH is 1. The summed E-state index contributed by atoms with van der Waals surface area (Å²) in [5.74, 6) is 4.70. The SMILES string of the molecule is CCOc1ccc(/C=C/C(=O)OC2CCC34CC35CCC3(C)C(C(C)/C=C/C(CC)C(C)C)CCC3(C)C5CCC4C2(C)C)cc1CO. The summed E-state index contributed by atoms with van der Waals surface area (Å²) >= 11 is 0. The van der Waals surface area contributed by atoms with E-state index in [0.29, 0.717) is 57.7 Å². The first kappa shape index (κ1) is 35.7. The lowest BCUT2D eigenvalue weighted by molar-refractivity contribution is -0.179. The third kappa shape index (κ3) is 5.45. The van der Waals surface area contributed by atoms with Crippen LogP contribution in [0.2, 0.25) is 0 Å². The Morgan fingerprint density at radius 3 is 2.33 bits per heavy atom. The minimum Gasteiger partial charge on any atom is -0.494 e. The van der Waals surface area contributed by atoms with Crippen molar-refractivity contribution in [2.75, 3.05) is 6.61 Å². The van der Waals surface area contributed by atoms with Gasteiger partial charge in [0.15, 0.2) is 0 Å². The highest BCUT2D eigenvalue weighted by Crippen LogP contribution is 2.89. The van der Waals surface area contributed by atoms with Gasteiger partial charge in [0.1, 0.15) is 11.9 Å². The first-order chi connectivity index (χ1) is 22.7. The van der Waals surface area contributed by atoms with E-state index in [9.17, 15) is 9.90 Å². The second-order valence-electron chi connectivity index (χ2n) is 18.3. The Hall–Kier alpha value is -2.07. The molecular formula is C44H66O4. The van der Waals surface area contributed by atoms with Gasteiger partial charge >= 0.3 is 5.97 Å². The first-order valence-corrected chi connectivity index (χ1v) is 19.7. The summed E-state index contributed by atoms with van der Waals surface area (Å²) < 4.78 is 11.9. The first-order valence-electron chi connectivity index (χ1n) is 19.7. The molecule has 5 saturated carbocycles. The number of fused-ring (bicyclic) bond motifs is 2. The van der Waals surface area contributed by atoms with Crippen LogP contribution in [-0.4, -0.2) is 23.8 Å². The van der Waals surface area contributed by atoms with E-state index in [1.165, 1.54) is 57.8 Å². The molecule has 10 atom stereocenters. The van der Waals surface area contributed by atoms with Crippen LogP contribution in [-0.2, 0) is 16.1 Å². The average Bonchev–Trinajstić information content (AvgIpc) is 3.63. The number of carbonyl (C=O) groups is 1. The highest BCUT2D eigenvalue weighted by atomic mass is 16.5. The second-order valence-corrected chi connectivity index (χ2v) is 18.3. The smallest absolute Gasteiger partial charge is 0.331 e. The van der Waals surface area contributed by atoms with Crippen LogP contribution in [0.25, 0.3) is 6.08 Å². The minimum atomic E-state index is -0.262. The molecule has 1 aromatic rings. The molecule has 0 bridgehead atoms. The van der Waals surface area contributed by atoms with E-state index >= 15 is 0 Å². The third-order valence-electron chi connectivity index (χ3n) is 16.0. The van der Waals surface area contributed by atoms with Crippen molar-refractivity contribution in [2.24, 2.45) is 62.6 Å². The van der Waals surface area contributed by atoms with E-state index in [0.717, 1.165) is 29.4 Å². The molecule has 10 unspecified atom stereocenters. The molecule has 4 nitrogen and oxygen atoms in total. The zero-order valence-electron chi connectivity index (χ0n) is 31.7. The molecule has 48 heavy (non-hydrogen) atoms. The summed E-state index contributed by atoms with van der Waals surface area (Å²) in [5.41, 5.74) is 3.31. The Morgan fingerprint density at radius 2 is 1.65 bits per heavy atom. The molecule has 2 spiro atoms. The molecule has 0 aromatic heterocycles. The van der Waals surface area contributed by atoms with E-state index in [-0.39, 0.29) is 24.1 Å².